The van der Waals surface area contributed by atoms with Gasteiger partial charge in [-0.2, -0.15) is 0 Å². The van der Waals surface area contributed by atoms with Gasteiger partial charge in [-0.1, -0.05) is 45.9 Å². The van der Waals surface area contributed by atoms with E-state index in [-0.39, 0.29) is 24.0 Å². The van der Waals surface area contributed by atoms with E-state index in [9.17, 15) is 9.59 Å². The highest BCUT2D eigenvalue weighted by molar-refractivity contribution is 7.09. The number of ketones is 1. The molecule has 1 atom stereocenters. The van der Waals surface area contributed by atoms with Crippen LogP contribution in [0.3, 0.4) is 0 Å². The molecular formula is C34H43N3O3S. The van der Waals surface area contributed by atoms with Crippen molar-refractivity contribution in [2.24, 2.45) is 11.8 Å². The van der Waals surface area contributed by atoms with Crippen LogP contribution in [0.4, 0.5) is 0 Å². The molecule has 0 saturated heterocycles. The van der Waals surface area contributed by atoms with Crippen LogP contribution < -0.4 is 4.74 Å². The third-order valence-electron chi connectivity index (χ3n) is 7.80. The molecule has 2 heterocycles. The Morgan fingerprint density at radius 2 is 1.78 bits per heavy atom. The van der Waals surface area contributed by atoms with E-state index in [4.69, 9.17) is 9.72 Å². The Morgan fingerprint density at radius 1 is 1.05 bits per heavy atom. The Labute approximate surface area is 248 Å². The van der Waals surface area contributed by atoms with E-state index < -0.39 is 0 Å². The molecule has 0 N–H and O–H groups in total. The molecule has 7 heteroatoms. The lowest BCUT2D eigenvalue weighted by molar-refractivity contribution is -0.135. The Morgan fingerprint density at radius 3 is 2.39 bits per heavy atom. The normalized spacial score (nSPS) is 12.3. The Hall–Kier alpha value is -3.45. The van der Waals surface area contributed by atoms with E-state index in [1.54, 1.807) is 23.3 Å². The number of fused-ring (bicyclic) bond motifs is 1. The van der Waals surface area contributed by atoms with Crippen LogP contribution in [0.1, 0.15) is 86.0 Å². The summed E-state index contributed by atoms with van der Waals surface area (Å²) in [7, 11) is 3.45. The second-order valence-electron chi connectivity index (χ2n) is 11.3. The lowest BCUT2D eigenvalue weighted by Crippen LogP contribution is -2.34. The monoisotopic (exact) mass is 573 g/mol. The predicted molar refractivity (Wildman–Crippen MR) is 168 cm³/mol. The number of Topliss-reactive ketones (excluding diaryl/α,β-unsaturated/α-hetero) is 1. The molecule has 0 aliphatic heterocycles. The topological polar surface area (TPSA) is 64.4 Å². The Balaban J connectivity index is 1.56. The Kier molecular flexibility index (Phi) is 10.4. The minimum absolute atomic E-state index is 0.000177. The standard InChI is InChI=1S/C34H43N3O3S/c1-7-27(8-2)37-31-16-13-25(19-30(31)35-33(37)21-29-10-9-17-41-29)32(38)20-26(18-23(3)4)34(39)36(5)22-24-11-14-28(40-6)15-12-24/h9-17,19,23,26-27H,7-8,18,20-22H2,1-6H3/t26-/m1/s1. The van der Waals surface area contributed by atoms with Crippen LogP contribution in [0.15, 0.2) is 60.0 Å². The van der Waals surface area contributed by atoms with Crippen molar-refractivity contribution in [2.75, 3.05) is 14.2 Å². The van der Waals surface area contributed by atoms with Crippen molar-refractivity contribution in [2.45, 2.75) is 72.4 Å². The molecule has 0 aliphatic carbocycles. The number of carbonyl (C=O) groups excluding carboxylic acids is 2. The van der Waals surface area contributed by atoms with Crippen LogP contribution in [0, 0.1) is 11.8 Å². The molecule has 4 rings (SSSR count). The van der Waals surface area contributed by atoms with Gasteiger partial charge in [0.2, 0.25) is 5.91 Å². The SMILES string of the molecule is CCC(CC)n1c(Cc2cccs2)nc2cc(C(=O)C[C@@H](CC(C)C)C(=O)N(C)Cc3ccc(OC)cc3)ccc21. The van der Waals surface area contributed by atoms with Crippen LogP contribution in [0.25, 0.3) is 11.0 Å². The van der Waals surface area contributed by atoms with Crippen LogP contribution in [0.5, 0.6) is 5.75 Å². The van der Waals surface area contributed by atoms with E-state index in [1.165, 1.54) is 4.88 Å². The number of rotatable bonds is 14. The zero-order chi connectivity index (χ0) is 29.5. The molecule has 0 radical (unpaired) electrons. The third kappa shape index (κ3) is 7.45. The maximum Gasteiger partial charge on any atom is 0.226 e. The molecule has 41 heavy (non-hydrogen) atoms. The maximum absolute atomic E-state index is 13.6. The number of nitrogens with zero attached hydrogens (tertiary/aromatic N) is 3. The zero-order valence-electron chi connectivity index (χ0n) is 25.2. The first-order valence-corrected chi connectivity index (χ1v) is 15.6. The van der Waals surface area contributed by atoms with Gasteiger partial charge in [0.1, 0.15) is 11.6 Å². The van der Waals surface area contributed by atoms with Crippen molar-refractivity contribution in [1.29, 1.82) is 0 Å². The number of carbonyl (C=O) groups is 2. The second kappa shape index (κ2) is 13.9. The number of hydrogen-bond donors (Lipinski definition) is 0. The first-order chi connectivity index (χ1) is 19.7. The van der Waals surface area contributed by atoms with Crippen molar-refractivity contribution in [3.05, 3.63) is 81.8 Å². The van der Waals surface area contributed by atoms with Crippen molar-refractivity contribution in [3.8, 4) is 5.75 Å². The number of methoxy groups -OCH3 is 1. The number of thiophene rings is 1. The lowest BCUT2D eigenvalue weighted by atomic mass is 9.89. The number of ether oxygens (including phenoxy) is 1. The first kappa shape index (κ1) is 30.5. The third-order valence-corrected chi connectivity index (χ3v) is 8.67. The number of hydrogen-bond acceptors (Lipinski definition) is 5. The highest BCUT2D eigenvalue weighted by atomic mass is 32.1. The number of imidazole rings is 1. The molecule has 0 aliphatic rings. The number of amides is 1. The fraction of sp³-hybridized carbons (Fsp3) is 0.441. The molecule has 0 spiro atoms. The molecule has 2 aromatic carbocycles. The predicted octanol–water partition coefficient (Wildman–Crippen LogP) is 7.95. The number of benzene rings is 2. The van der Waals surface area contributed by atoms with Gasteiger partial charge in [0.05, 0.1) is 18.1 Å². The molecule has 0 fully saturated rings. The van der Waals surface area contributed by atoms with E-state index in [1.807, 2.05) is 49.5 Å². The van der Waals surface area contributed by atoms with E-state index >= 15 is 0 Å². The van der Waals surface area contributed by atoms with Gasteiger partial charge in [0.25, 0.3) is 0 Å². The van der Waals surface area contributed by atoms with Gasteiger partial charge in [0.15, 0.2) is 5.78 Å². The summed E-state index contributed by atoms with van der Waals surface area (Å²) in [6, 6.07) is 18.2. The second-order valence-corrected chi connectivity index (χ2v) is 12.4. The largest absolute Gasteiger partial charge is 0.497 e. The smallest absolute Gasteiger partial charge is 0.226 e. The molecule has 218 valence electrons. The van der Waals surface area contributed by atoms with Gasteiger partial charge in [-0.15, -0.1) is 11.3 Å². The van der Waals surface area contributed by atoms with Gasteiger partial charge < -0.3 is 14.2 Å². The molecular weight excluding hydrogens is 530 g/mol. The molecule has 0 bridgehead atoms. The molecule has 0 saturated carbocycles. The Bertz CT molecular complexity index is 1440. The van der Waals surface area contributed by atoms with Gasteiger partial charge in [-0.25, -0.2) is 4.98 Å². The molecule has 6 nitrogen and oxygen atoms in total. The summed E-state index contributed by atoms with van der Waals surface area (Å²) >= 11 is 1.74. The van der Waals surface area contributed by atoms with Crippen molar-refractivity contribution in [3.63, 3.8) is 0 Å². The minimum atomic E-state index is -0.377. The summed E-state index contributed by atoms with van der Waals surface area (Å²) in [5, 5.41) is 2.10. The van der Waals surface area contributed by atoms with Gasteiger partial charge in [-0.05, 0) is 72.5 Å². The highest BCUT2D eigenvalue weighted by Gasteiger charge is 2.27. The van der Waals surface area contributed by atoms with Crippen molar-refractivity contribution < 1.29 is 14.3 Å². The van der Waals surface area contributed by atoms with Crippen LogP contribution >= 0.6 is 11.3 Å². The van der Waals surface area contributed by atoms with Crippen molar-refractivity contribution >= 4 is 34.1 Å². The average molecular weight is 574 g/mol. The average Bonchev–Trinajstić information content (AvgIpc) is 3.61. The lowest BCUT2D eigenvalue weighted by Gasteiger charge is -2.25. The summed E-state index contributed by atoms with van der Waals surface area (Å²) in [4.78, 5) is 35.2. The fourth-order valence-corrected chi connectivity index (χ4v) is 6.36. The van der Waals surface area contributed by atoms with E-state index in [2.05, 4.69) is 49.8 Å². The maximum atomic E-state index is 13.6. The molecule has 2 aromatic heterocycles. The van der Waals surface area contributed by atoms with Crippen LogP contribution in [-0.2, 0) is 17.8 Å². The van der Waals surface area contributed by atoms with E-state index in [0.717, 1.165) is 47.4 Å². The number of aromatic nitrogens is 2. The van der Waals surface area contributed by atoms with Gasteiger partial charge >= 0.3 is 0 Å². The molecule has 0 unspecified atom stereocenters. The van der Waals surface area contributed by atoms with Gasteiger partial charge in [-0.3, -0.25) is 9.59 Å². The minimum Gasteiger partial charge on any atom is -0.497 e. The summed E-state index contributed by atoms with van der Waals surface area (Å²) in [6.45, 7) is 9.10. The highest BCUT2D eigenvalue weighted by Crippen LogP contribution is 2.29. The molecule has 4 aromatic rings. The fourth-order valence-electron chi connectivity index (χ4n) is 5.65. The van der Waals surface area contributed by atoms with Gasteiger partial charge in [0, 0.05) is 48.8 Å². The molecule has 1 amide bonds. The van der Waals surface area contributed by atoms with Crippen LogP contribution in [-0.4, -0.2) is 40.3 Å². The zero-order valence-corrected chi connectivity index (χ0v) is 26.0. The first-order valence-electron chi connectivity index (χ1n) is 14.7. The van der Waals surface area contributed by atoms with Crippen LogP contribution in [0.2, 0.25) is 0 Å². The van der Waals surface area contributed by atoms with Crippen molar-refractivity contribution in [1.82, 2.24) is 14.5 Å². The summed E-state index contributed by atoms with van der Waals surface area (Å²) in [6.07, 6.45) is 3.66. The summed E-state index contributed by atoms with van der Waals surface area (Å²) in [5.41, 5.74) is 3.55. The van der Waals surface area contributed by atoms with E-state index in [0.29, 0.717) is 30.5 Å². The summed E-state index contributed by atoms with van der Waals surface area (Å²) < 4.78 is 7.61. The quantitative estimate of drug-likeness (QED) is 0.144. The summed E-state index contributed by atoms with van der Waals surface area (Å²) in [5.74, 6) is 1.73.